The number of thiazole rings is 1. The Kier molecular flexibility index (Phi) is 4.00. The van der Waals surface area contributed by atoms with Crippen molar-refractivity contribution in [1.82, 2.24) is 4.98 Å². The molecule has 0 aliphatic rings. The van der Waals surface area contributed by atoms with Crippen LogP contribution in [0.2, 0.25) is 0 Å². The van der Waals surface area contributed by atoms with Gasteiger partial charge in [0.1, 0.15) is 12.1 Å². The molecule has 1 aromatic heterocycles. The highest BCUT2D eigenvalue weighted by atomic mass is 32.1. The predicted octanol–water partition coefficient (Wildman–Crippen LogP) is 3.69. The third kappa shape index (κ3) is 2.76. The summed E-state index contributed by atoms with van der Waals surface area (Å²) in [6.45, 7) is 0.632. The maximum absolute atomic E-state index is 9.14. The van der Waals surface area contributed by atoms with Gasteiger partial charge in [0.15, 0.2) is 0 Å². The largest absolute Gasteiger partial charge is 0.382 e. The summed E-state index contributed by atoms with van der Waals surface area (Å²) in [6, 6.07) is 17.4. The third-order valence-electron chi connectivity index (χ3n) is 3.28. The molecule has 0 aliphatic heterocycles. The molecule has 22 heavy (non-hydrogen) atoms. The number of rotatable bonds is 4. The van der Waals surface area contributed by atoms with Gasteiger partial charge in [-0.3, -0.25) is 0 Å². The predicted molar refractivity (Wildman–Crippen MR) is 87.7 cm³/mol. The summed E-state index contributed by atoms with van der Waals surface area (Å²) >= 11 is 1.67. The van der Waals surface area contributed by atoms with E-state index >= 15 is 0 Å². The molecule has 1 heterocycles. The second-order valence-corrected chi connectivity index (χ2v) is 5.82. The van der Waals surface area contributed by atoms with E-state index in [-0.39, 0.29) is 0 Å². The Morgan fingerprint density at radius 2 is 1.73 bits per heavy atom. The van der Waals surface area contributed by atoms with E-state index in [9.17, 15) is 0 Å². The second kappa shape index (κ2) is 6.26. The minimum absolute atomic E-state index is 0.489. The van der Waals surface area contributed by atoms with Gasteiger partial charge in [-0.05, 0) is 24.3 Å². The van der Waals surface area contributed by atoms with E-state index in [1.807, 2.05) is 18.2 Å². The lowest BCUT2D eigenvalue weighted by molar-refractivity contribution is 1.00. The van der Waals surface area contributed by atoms with Crippen LogP contribution in [0.4, 0.5) is 5.69 Å². The molecule has 0 fully saturated rings. The molecule has 3 aromatic rings. The smallest absolute Gasteiger partial charge is 0.101 e. The summed E-state index contributed by atoms with van der Waals surface area (Å²) in [5.41, 5.74) is 2.60. The van der Waals surface area contributed by atoms with E-state index in [2.05, 4.69) is 28.5 Å². The summed E-state index contributed by atoms with van der Waals surface area (Å²) in [6.07, 6.45) is 0.754. The molecule has 0 amide bonds. The summed E-state index contributed by atoms with van der Waals surface area (Å²) in [5, 5.41) is 22.5. The first-order chi connectivity index (χ1) is 10.8. The van der Waals surface area contributed by atoms with Gasteiger partial charge >= 0.3 is 0 Å². The Balaban J connectivity index is 1.74. The molecule has 5 heteroatoms. The van der Waals surface area contributed by atoms with Gasteiger partial charge in [-0.1, -0.05) is 18.2 Å². The maximum Gasteiger partial charge on any atom is 0.101 e. The molecule has 0 saturated carbocycles. The molecule has 0 aliphatic carbocycles. The zero-order chi connectivity index (χ0) is 15.4. The molecule has 106 valence electrons. The van der Waals surface area contributed by atoms with Gasteiger partial charge in [-0.2, -0.15) is 10.5 Å². The number of benzene rings is 2. The molecule has 0 saturated heterocycles. The molecule has 0 unspecified atom stereocenters. The van der Waals surface area contributed by atoms with Crippen molar-refractivity contribution in [3.8, 4) is 12.1 Å². The van der Waals surface area contributed by atoms with Crippen LogP contribution in [0.25, 0.3) is 10.2 Å². The lowest BCUT2D eigenvalue weighted by Gasteiger charge is -2.08. The number of fused-ring (bicyclic) bond motifs is 1. The summed E-state index contributed by atoms with van der Waals surface area (Å²) in [4.78, 5) is 4.58. The monoisotopic (exact) mass is 304 g/mol. The van der Waals surface area contributed by atoms with Crippen molar-refractivity contribution < 1.29 is 0 Å². The first-order valence-corrected chi connectivity index (χ1v) is 7.65. The Hall–Kier alpha value is -2.89. The summed E-state index contributed by atoms with van der Waals surface area (Å²) in [7, 11) is 0. The van der Waals surface area contributed by atoms with Crippen LogP contribution < -0.4 is 5.32 Å². The van der Waals surface area contributed by atoms with Crippen molar-refractivity contribution in [1.29, 1.82) is 10.5 Å². The fourth-order valence-corrected chi connectivity index (χ4v) is 3.22. The van der Waals surface area contributed by atoms with Crippen molar-refractivity contribution in [2.45, 2.75) is 6.42 Å². The first-order valence-electron chi connectivity index (χ1n) is 6.83. The maximum atomic E-state index is 9.14. The van der Waals surface area contributed by atoms with E-state index in [0.717, 1.165) is 16.9 Å². The van der Waals surface area contributed by atoms with Gasteiger partial charge in [-0.15, -0.1) is 11.3 Å². The molecule has 3 rings (SSSR count). The minimum atomic E-state index is 0.489. The zero-order valence-electron chi connectivity index (χ0n) is 11.7. The normalized spacial score (nSPS) is 10.1. The number of hydrogen-bond acceptors (Lipinski definition) is 5. The highest BCUT2D eigenvalue weighted by molar-refractivity contribution is 7.18. The van der Waals surface area contributed by atoms with Crippen LogP contribution >= 0.6 is 11.3 Å². The van der Waals surface area contributed by atoms with Gasteiger partial charge in [0.25, 0.3) is 0 Å². The van der Waals surface area contributed by atoms with Gasteiger partial charge in [0.2, 0.25) is 0 Å². The van der Waals surface area contributed by atoms with Crippen LogP contribution in [0.15, 0.2) is 42.5 Å². The zero-order valence-corrected chi connectivity index (χ0v) is 12.5. The Morgan fingerprint density at radius 3 is 2.41 bits per heavy atom. The van der Waals surface area contributed by atoms with E-state index in [1.54, 1.807) is 29.5 Å². The van der Waals surface area contributed by atoms with Crippen LogP contribution in [-0.2, 0) is 6.42 Å². The van der Waals surface area contributed by atoms with E-state index < -0.39 is 0 Å². The molecule has 1 N–H and O–H groups in total. The van der Waals surface area contributed by atoms with Gasteiger partial charge in [0, 0.05) is 13.0 Å². The fourth-order valence-electron chi connectivity index (χ4n) is 2.25. The third-order valence-corrected chi connectivity index (χ3v) is 4.38. The average Bonchev–Trinajstić information content (AvgIpc) is 2.97. The average molecular weight is 304 g/mol. The Bertz CT molecular complexity index is 834. The van der Waals surface area contributed by atoms with E-state index in [0.29, 0.717) is 23.4 Å². The molecular weight excluding hydrogens is 292 g/mol. The molecular formula is C17H12N4S. The van der Waals surface area contributed by atoms with Crippen LogP contribution in [0.5, 0.6) is 0 Å². The molecule has 0 atom stereocenters. The van der Waals surface area contributed by atoms with Crippen molar-refractivity contribution >= 4 is 27.2 Å². The van der Waals surface area contributed by atoms with Crippen molar-refractivity contribution in [3.05, 3.63) is 58.6 Å². The van der Waals surface area contributed by atoms with Crippen LogP contribution in [0.1, 0.15) is 16.1 Å². The lowest BCUT2D eigenvalue weighted by Crippen LogP contribution is -2.07. The lowest BCUT2D eigenvalue weighted by atomic mass is 10.1. The highest BCUT2D eigenvalue weighted by Gasteiger charge is 2.08. The number of nitrogens with one attached hydrogen (secondary N) is 1. The first kappa shape index (κ1) is 14.1. The standard InChI is InChI=1S/C17H12N4S/c18-10-12-4-3-5-13(11-19)17(12)20-9-8-16-21-14-6-1-2-7-15(14)22-16/h1-7,20H,8-9H2. The van der Waals surface area contributed by atoms with Gasteiger partial charge in [0.05, 0.1) is 32.0 Å². The number of nitriles is 2. The number of hydrogen-bond donors (Lipinski definition) is 1. The van der Waals surface area contributed by atoms with Crippen molar-refractivity contribution in [3.63, 3.8) is 0 Å². The fraction of sp³-hybridized carbons (Fsp3) is 0.118. The summed E-state index contributed by atoms with van der Waals surface area (Å²) < 4.78 is 1.17. The number of para-hydroxylation sites is 2. The van der Waals surface area contributed by atoms with Crippen LogP contribution in [-0.4, -0.2) is 11.5 Å². The SMILES string of the molecule is N#Cc1cccc(C#N)c1NCCc1nc2ccccc2s1. The Labute approximate surface area is 132 Å². The second-order valence-electron chi connectivity index (χ2n) is 4.70. The van der Waals surface area contributed by atoms with E-state index in [1.165, 1.54) is 4.70 Å². The number of aromatic nitrogens is 1. The summed E-state index contributed by atoms with van der Waals surface area (Å²) in [5.74, 6) is 0. The Morgan fingerprint density at radius 1 is 1.00 bits per heavy atom. The molecule has 0 spiro atoms. The van der Waals surface area contributed by atoms with Crippen molar-refractivity contribution in [2.24, 2.45) is 0 Å². The van der Waals surface area contributed by atoms with E-state index in [4.69, 9.17) is 10.5 Å². The topological polar surface area (TPSA) is 72.5 Å². The van der Waals surface area contributed by atoms with Crippen molar-refractivity contribution in [2.75, 3.05) is 11.9 Å². The molecule has 0 radical (unpaired) electrons. The molecule has 2 aromatic carbocycles. The number of nitrogens with zero attached hydrogens (tertiary/aromatic N) is 3. The van der Waals surface area contributed by atoms with Gasteiger partial charge in [-0.25, -0.2) is 4.98 Å². The molecule has 4 nitrogen and oxygen atoms in total. The molecule has 0 bridgehead atoms. The van der Waals surface area contributed by atoms with Gasteiger partial charge < -0.3 is 5.32 Å². The van der Waals surface area contributed by atoms with Crippen LogP contribution in [0, 0.1) is 22.7 Å². The quantitative estimate of drug-likeness (QED) is 0.797. The highest BCUT2D eigenvalue weighted by Crippen LogP contribution is 2.23. The number of anilines is 1. The minimum Gasteiger partial charge on any atom is -0.382 e. The van der Waals surface area contributed by atoms with Crippen LogP contribution in [0.3, 0.4) is 0 Å².